The smallest absolute Gasteiger partial charge is 0.152 e. The second-order valence-corrected chi connectivity index (χ2v) is 5.02. The Hall–Kier alpha value is -0.850. The van der Waals surface area contributed by atoms with Crippen LogP contribution in [-0.2, 0) is 4.79 Å². The van der Waals surface area contributed by atoms with E-state index in [1.807, 2.05) is 12.2 Å². The third kappa shape index (κ3) is 15.1. The van der Waals surface area contributed by atoms with Gasteiger partial charge in [-0.2, -0.15) is 0 Å². The monoisotopic (exact) mass is 250 g/mol. The molecule has 0 bridgehead atoms. The Balaban J connectivity index is 3.14. The summed E-state index contributed by atoms with van der Waals surface area (Å²) >= 11 is 0. The highest BCUT2D eigenvalue weighted by Gasteiger charge is 1.90. The quantitative estimate of drug-likeness (QED) is 0.250. The predicted octanol–water partition coefficient (Wildman–Crippen LogP) is 5.61. The third-order valence-electron chi connectivity index (χ3n) is 3.05. The molecule has 0 aromatic carbocycles. The lowest BCUT2D eigenvalue weighted by Gasteiger charge is -2.00. The summed E-state index contributed by atoms with van der Waals surface area (Å²) in [6.45, 7) is 3.84. The summed E-state index contributed by atoms with van der Waals surface area (Å²) in [4.78, 5) is 10.6. The van der Waals surface area contributed by atoms with Crippen LogP contribution < -0.4 is 0 Å². The molecule has 0 unspecified atom stereocenters. The fraction of sp³-hybridized carbons (Fsp3) is 0.706. The maximum Gasteiger partial charge on any atom is 0.152 e. The fourth-order valence-electron chi connectivity index (χ4n) is 1.94. The first-order chi connectivity index (χ1) is 8.77. The summed E-state index contributed by atoms with van der Waals surface area (Å²) in [5, 5.41) is 0. The van der Waals surface area contributed by atoms with Gasteiger partial charge in [0.15, 0.2) is 5.78 Å². The van der Waals surface area contributed by atoms with Crippen molar-refractivity contribution in [2.45, 2.75) is 78.1 Å². The standard InChI is InChI=1S/C17H30O/c1-3-4-5-6-7-8-9-10-11-12-13-14-15-16-17(2)18/h13-16H,3-12H2,1-2H3. The molecule has 0 radical (unpaired) electrons. The highest BCUT2D eigenvalue weighted by molar-refractivity contribution is 5.87. The Morgan fingerprint density at radius 3 is 1.94 bits per heavy atom. The molecule has 0 spiro atoms. The van der Waals surface area contributed by atoms with Crippen LogP contribution in [0.1, 0.15) is 78.1 Å². The maximum absolute atomic E-state index is 10.6. The molecule has 0 aliphatic rings. The number of carbonyl (C=O) groups is 1. The Morgan fingerprint density at radius 2 is 1.39 bits per heavy atom. The van der Waals surface area contributed by atoms with Crippen LogP contribution in [0.2, 0.25) is 0 Å². The molecule has 0 rings (SSSR count). The van der Waals surface area contributed by atoms with Gasteiger partial charge in [0.05, 0.1) is 0 Å². The van der Waals surface area contributed by atoms with E-state index in [-0.39, 0.29) is 5.78 Å². The molecule has 18 heavy (non-hydrogen) atoms. The molecule has 1 heteroatoms. The van der Waals surface area contributed by atoms with Crippen molar-refractivity contribution in [2.24, 2.45) is 0 Å². The average molecular weight is 250 g/mol. The number of allylic oxidation sites excluding steroid dienone is 4. The number of unbranched alkanes of at least 4 members (excludes halogenated alkanes) is 9. The lowest BCUT2D eigenvalue weighted by Crippen LogP contribution is -1.80. The second kappa shape index (κ2) is 14.2. The van der Waals surface area contributed by atoms with Crippen LogP contribution in [0.15, 0.2) is 24.3 Å². The van der Waals surface area contributed by atoms with E-state index in [4.69, 9.17) is 0 Å². The third-order valence-corrected chi connectivity index (χ3v) is 3.05. The minimum absolute atomic E-state index is 0.114. The molecule has 0 aromatic heterocycles. The molecule has 0 atom stereocenters. The lowest BCUT2D eigenvalue weighted by molar-refractivity contribution is -0.112. The topological polar surface area (TPSA) is 17.1 Å². The number of hydrogen-bond acceptors (Lipinski definition) is 1. The van der Waals surface area contributed by atoms with Crippen LogP contribution in [0.5, 0.6) is 0 Å². The van der Waals surface area contributed by atoms with Gasteiger partial charge < -0.3 is 0 Å². The van der Waals surface area contributed by atoms with Gasteiger partial charge in [-0.25, -0.2) is 0 Å². The molecule has 0 amide bonds. The van der Waals surface area contributed by atoms with Crippen molar-refractivity contribution < 1.29 is 4.79 Å². The number of carbonyl (C=O) groups excluding carboxylic acids is 1. The summed E-state index contributed by atoms with van der Waals surface area (Å²) < 4.78 is 0. The Kier molecular flexibility index (Phi) is 13.5. The molecule has 0 fully saturated rings. The molecule has 0 saturated heterocycles. The van der Waals surface area contributed by atoms with Crippen LogP contribution in [0.4, 0.5) is 0 Å². The first kappa shape index (κ1) is 17.2. The van der Waals surface area contributed by atoms with Gasteiger partial charge >= 0.3 is 0 Å². The summed E-state index contributed by atoms with van der Waals surface area (Å²) in [6.07, 6.45) is 21.1. The van der Waals surface area contributed by atoms with E-state index in [1.54, 1.807) is 13.0 Å². The van der Waals surface area contributed by atoms with Gasteiger partial charge in [-0.1, -0.05) is 76.5 Å². The van der Waals surface area contributed by atoms with E-state index >= 15 is 0 Å². The van der Waals surface area contributed by atoms with E-state index in [0.717, 1.165) is 6.42 Å². The minimum atomic E-state index is 0.114. The van der Waals surface area contributed by atoms with Crippen molar-refractivity contribution >= 4 is 5.78 Å². The molecular weight excluding hydrogens is 220 g/mol. The Bertz CT molecular complexity index is 238. The van der Waals surface area contributed by atoms with Gasteiger partial charge in [0.25, 0.3) is 0 Å². The highest BCUT2D eigenvalue weighted by Crippen LogP contribution is 2.10. The molecule has 0 aliphatic heterocycles. The second-order valence-electron chi connectivity index (χ2n) is 5.02. The molecule has 1 nitrogen and oxygen atoms in total. The first-order valence-electron chi connectivity index (χ1n) is 7.61. The van der Waals surface area contributed by atoms with E-state index in [1.165, 1.54) is 57.8 Å². The number of ketones is 1. The molecule has 0 heterocycles. The van der Waals surface area contributed by atoms with E-state index in [0.29, 0.717) is 0 Å². The molecule has 0 aliphatic carbocycles. The largest absolute Gasteiger partial charge is 0.295 e. The highest BCUT2D eigenvalue weighted by atomic mass is 16.1. The molecule has 0 saturated carbocycles. The van der Waals surface area contributed by atoms with Crippen molar-refractivity contribution in [3.63, 3.8) is 0 Å². The summed E-state index contributed by atoms with van der Waals surface area (Å²) in [5.74, 6) is 0.114. The number of hydrogen-bond donors (Lipinski definition) is 0. The van der Waals surface area contributed by atoms with E-state index in [2.05, 4.69) is 13.0 Å². The van der Waals surface area contributed by atoms with Crippen molar-refractivity contribution in [3.05, 3.63) is 24.3 Å². The molecule has 104 valence electrons. The van der Waals surface area contributed by atoms with Crippen LogP contribution in [0.25, 0.3) is 0 Å². The number of rotatable bonds is 12. The van der Waals surface area contributed by atoms with Gasteiger partial charge in [0, 0.05) is 0 Å². The Labute approximate surface area is 113 Å². The maximum atomic E-state index is 10.6. The van der Waals surface area contributed by atoms with Crippen molar-refractivity contribution in [3.8, 4) is 0 Å². The van der Waals surface area contributed by atoms with Crippen molar-refractivity contribution in [2.75, 3.05) is 0 Å². The predicted molar refractivity (Wildman–Crippen MR) is 80.8 cm³/mol. The summed E-state index contributed by atoms with van der Waals surface area (Å²) in [7, 11) is 0. The summed E-state index contributed by atoms with van der Waals surface area (Å²) in [6, 6.07) is 0. The van der Waals surface area contributed by atoms with Crippen LogP contribution in [0.3, 0.4) is 0 Å². The molecular formula is C17H30O. The van der Waals surface area contributed by atoms with Crippen molar-refractivity contribution in [1.82, 2.24) is 0 Å². The van der Waals surface area contributed by atoms with Crippen LogP contribution in [-0.4, -0.2) is 5.78 Å². The normalized spacial score (nSPS) is 11.7. The average Bonchev–Trinajstić information content (AvgIpc) is 2.34. The van der Waals surface area contributed by atoms with E-state index in [9.17, 15) is 4.79 Å². The minimum Gasteiger partial charge on any atom is -0.295 e. The first-order valence-corrected chi connectivity index (χ1v) is 7.61. The van der Waals surface area contributed by atoms with Crippen LogP contribution >= 0.6 is 0 Å². The van der Waals surface area contributed by atoms with Gasteiger partial charge in [-0.15, -0.1) is 0 Å². The fourth-order valence-corrected chi connectivity index (χ4v) is 1.94. The van der Waals surface area contributed by atoms with E-state index < -0.39 is 0 Å². The molecule has 0 N–H and O–H groups in total. The SMILES string of the molecule is CCCCCCCCCCCC=CC=CC(C)=O. The van der Waals surface area contributed by atoms with Gasteiger partial charge in [-0.05, 0) is 25.8 Å². The lowest BCUT2D eigenvalue weighted by atomic mass is 10.1. The zero-order valence-corrected chi connectivity index (χ0v) is 12.3. The zero-order valence-electron chi connectivity index (χ0n) is 12.3. The summed E-state index contributed by atoms with van der Waals surface area (Å²) in [5.41, 5.74) is 0. The zero-order chi connectivity index (χ0) is 13.5. The Morgan fingerprint density at radius 1 is 0.833 bits per heavy atom. The van der Waals surface area contributed by atoms with Gasteiger partial charge in [0.1, 0.15) is 0 Å². The molecule has 0 aromatic rings. The van der Waals surface area contributed by atoms with Crippen molar-refractivity contribution in [1.29, 1.82) is 0 Å². The van der Waals surface area contributed by atoms with Crippen LogP contribution in [0, 0.1) is 0 Å². The van der Waals surface area contributed by atoms with Gasteiger partial charge in [-0.3, -0.25) is 4.79 Å². The van der Waals surface area contributed by atoms with Gasteiger partial charge in [0.2, 0.25) is 0 Å².